The number of benzene rings is 1. The van der Waals surface area contributed by atoms with Crippen molar-refractivity contribution in [2.45, 2.75) is 6.92 Å². The van der Waals surface area contributed by atoms with Gasteiger partial charge >= 0.3 is 5.97 Å². The van der Waals surface area contributed by atoms with E-state index in [0.717, 1.165) is 0 Å². The minimum Gasteiger partial charge on any atom is -0.495 e. The maximum absolute atomic E-state index is 13.4. The highest BCUT2D eigenvalue weighted by molar-refractivity contribution is 9.10. The average molecular weight is 277 g/mol. The molecule has 0 amide bonds. The molecule has 0 bridgehead atoms. The zero-order chi connectivity index (χ0) is 11.4. The Hall–Kier alpha value is -1.10. The van der Waals surface area contributed by atoms with E-state index in [1.807, 2.05) is 0 Å². The molecule has 0 aromatic heterocycles. The Bertz CT molecular complexity index is 379. The summed E-state index contributed by atoms with van der Waals surface area (Å²) in [6.07, 6.45) is 0. The van der Waals surface area contributed by atoms with Crippen LogP contribution in [0.1, 0.15) is 17.3 Å². The van der Waals surface area contributed by atoms with E-state index in [4.69, 9.17) is 9.47 Å². The normalized spacial score (nSPS) is 9.87. The molecule has 15 heavy (non-hydrogen) atoms. The second-order valence-electron chi connectivity index (χ2n) is 2.66. The molecule has 0 aliphatic heterocycles. The number of ether oxygens (including phenoxy) is 2. The predicted octanol–water partition coefficient (Wildman–Crippen LogP) is 2.77. The van der Waals surface area contributed by atoms with Gasteiger partial charge in [-0.2, -0.15) is 0 Å². The molecule has 82 valence electrons. The summed E-state index contributed by atoms with van der Waals surface area (Å²) >= 11 is 3.16. The Labute approximate surface area is 95.3 Å². The Morgan fingerprint density at radius 1 is 1.53 bits per heavy atom. The van der Waals surface area contributed by atoms with Crippen molar-refractivity contribution >= 4 is 21.9 Å². The highest BCUT2D eigenvalue weighted by atomic mass is 79.9. The first-order valence-electron chi connectivity index (χ1n) is 4.31. The van der Waals surface area contributed by atoms with Gasteiger partial charge < -0.3 is 9.47 Å². The Morgan fingerprint density at radius 2 is 2.20 bits per heavy atom. The molecular formula is C10H10BrFO3. The van der Waals surface area contributed by atoms with Crippen LogP contribution >= 0.6 is 15.9 Å². The highest BCUT2D eigenvalue weighted by Gasteiger charge is 2.21. The lowest BCUT2D eigenvalue weighted by Gasteiger charge is -2.10. The molecule has 1 aromatic carbocycles. The van der Waals surface area contributed by atoms with Crippen LogP contribution in [0, 0.1) is 5.82 Å². The van der Waals surface area contributed by atoms with Crippen molar-refractivity contribution in [3.8, 4) is 5.75 Å². The maximum Gasteiger partial charge on any atom is 0.344 e. The van der Waals surface area contributed by atoms with Gasteiger partial charge in [-0.15, -0.1) is 0 Å². The van der Waals surface area contributed by atoms with Crippen molar-refractivity contribution in [1.82, 2.24) is 0 Å². The largest absolute Gasteiger partial charge is 0.495 e. The SMILES string of the molecule is CCOC(=O)c1c(F)ccc(Br)c1OC. The van der Waals surface area contributed by atoms with Crippen LogP contribution < -0.4 is 4.74 Å². The third-order valence-electron chi connectivity index (χ3n) is 1.74. The molecule has 0 spiro atoms. The van der Waals surface area contributed by atoms with Gasteiger partial charge in [0.25, 0.3) is 0 Å². The molecule has 0 atom stereocenters. The van der Waals surface area contributed by atoms with E-state index in [1.54, 1.807) is 6.92 Å². The molecule has 0 aliphatic carbocycles. The van der Waals surface area contributed by atoms with Crippen molar-refractivity contribution in [2.75, 3.05) is 13.7 Å². The standard InChI is InChI=1S/C10H10BrFO3/c1-3-15-10(13)8-7(12)5-4-6(11)9(8)14-2/h4-5H,3H2,1-2H3. The molecule has 0 fully saturated rings. The molecule has 0 saturated heterocycles. The monoisotopic (exact) mass is 276 g/mol. The fourth-order valence-electron chi connectivity index (χ4n) is 1.13. The zero-order valence-corrected chi connectivity index (χ0v) is 9.93. The van der Waals surface area contributed by atoms with E-state index in [2.05, 4.69) is 15.9 Å². The molecule has 0 heterocycles. The topological polar surface area (TPSA) is 35.5 Å². The number of carbonyl (C=O) groups is 1. The quantitative estimate of drug-likeness (QED) is 0.797. The van der Waals surface area contributed by atoms with Crippen molar-refractivity contribution in [2.24, 2.45) is 0 Å². The van der Waals surface area contributed by atoms with Gasteiger partial charge in [-0.25, -0.2) is 9.18 Å². The van der Waals surface area contributed by atoms with E-state index >= 15 is 0 Å². The first kappa shape index (κ1) is 12.0. The third kappa shape index (κ3) is 2.47. The van der Waals surface area contributed by atoms with Crippen LogP contribution in [-0.4, -0.2) is 19.7 Å². The van der Waals surface area contributed by atoms with Gasteiger partial charge in [0, 0.05) is 0 Å². The van der Waals surface area contributed by atoms with Crippen LogP contribution in [0.3, 0.4) is 0 Å². The average Bonchev–Trinajstić information content (AvgIpc) is 2.21. The predicted molar refractivity (Wildman–Crippen MR) is 56.6 cm³/mol. The lowest BCUT2D eigenvalue weighted by molar-refractivity contribution is 0.0517. The molecule has 0 N–H and O–H groups in total. The molecule has 3 nitrogen and oxygen atoms in total. The molecular weight excluding hydrogens is 267 g/mol. The summed E-state index contributed by atoms with van der Waals surface area (Å²) in [6, 6.07) is 2.65. The van der Waals surface area contributed by atoms with Gasteiger partial charge in [0.1, 0.15) is 11.4 Å². The molecule has 0 unspecified atom stereocenters. The second kappa shape index (κ2) is 5.11. The van der Waals surface area contributed by atoms with Gasteiger partial charge in [-0.1, -0.05) is 0 Å². The Balaban J connectivity index is 3.24. The summed E-state index contributed by atoms with van der Waals surface area (Å²) in [6.45, 7) is 1.84. The van der Waals surface area contributed by atoms with Gasteiger partial charge in [0.05, 0.1) is 18.2 Å². The van der Waals surface area contributed by atoms with Crippen molar-refractivity contribution in [3.05, 3.63) is 28.0 Å². The van der Waals surface area contributed by atoms with Crippen LogP contribution in [0.15, 0.2) is 16.6 Å². The fraction of sp³-hybridized carbons (Fsp3) is 0.300. The van der Waals surface area contributed by atoms with Gasteiger partial charge in [0.2, 0.25) is 0 Å². The molecule has 5 heteroatoms. The summed E-state index contributed by atoms with van der Waals surface area (Å²) in [4.78, 5) is 11.4. The van der Waals surface area contributed by atoms with Gasteiger partial charge in [-0.05, 0) is 35.0 Å². The van der Waals surface area contributed by atoms with E-state index in [0.29, 0.717) is 4.47 Å². The van der Waals surface area contributed by atoms with Crippen LogP contribution in [-0.2, 0) is 4.74 Å². The Kier molecular flexibility index (Phi) is 4.08. The zero-order valence-electron chi connectivity index (χ0n) is 8.34. The van der Waals surface area contributed by atoms with E-state index in [-0.39, 0.29) is 17.9 Å². The molecule has 1 rings (SSSR count). The minimum atomic E-state index is -0.729. The first-order chi connectivity index (χ1) is 7.11. The van der Waals surface area contributed by atoms with Crippen molar-refractivity contribution in [1.29, 1.82) is 0 Å². The van der Waals surface area contributed by atoms with Gasteiger partial charge in [-0.3, -0.25) is 0 Å². The summed E-state index contributed by atoms with van der Waals surface area (Å²) in [7, 11) is 1.36. The number of hydrogen-bond donors (Lipinski definition) is 0. The number of halogens is 2. The van der Waals surface area contributed by atoms with Crippen molar-refractivity contribution < 1.29 is 18.7 Å². The number of hydrogen-bond acceptors (Lipinski definition) is 3. The molecule has 0 saturated carbocycles. The summed E-state index contributed by atoms with van der Waals surface area (Å²) in [5, 5.41) is 0. The van der Waals surface area contributed by atoms with Gasteiger partial charge in [0.15, 0.2) is 5.75 Å². The highest BCUT2D eigenvalue weighted by Crippen LogP contribution is 2.31. The van der Waals surface area contributed by atoms with Crippen LogP contribution in [0.25, 0.3) is 0 Å². The summed E-state index contributed by atoms with van der Waals surface area (Å²) < 4.78 is 23.6. The lowest BCUT2D eigenvalue weighted by atomic mass is 10.2. The van der Waals surface area contributed by atoms with Crippen LogP contribution in [0.4, 0.5) is 4.39 Å². The smallest absolute Gasteiger partial charge is 0.344 e. The lowest BCUT2D eigenvalue weighted by Crippen LogP contribution is -2.09. The number of carbonyl (C=O) groups excluding carboxylic acids is 1. The number of esters is 1. The minimum absolute atomic E-state index is 0.147. The van der Waals surface area contributed by atoms with E-state index < -0.39 is 11.8 Å². The van der Waals surface area contributed by atoms with Crippen LogP contribution in [0.2, 0.25) is 0 Å². The fourth-order valence-corrected chi connectivity index (χ4v) is 1.62. The third-order valence-corrected chi connectivity index (χ3v) is 2.37. The Morgan fingerprint density at radius 3 is 2.73 bits per heavy atom. The summed E-state index contributed by atoms with van der Waals surface area (Å²) in [5.74, 6) is -1.24. The second-order valence-corrected chi connectivity index (χ2v) is 3.51. The van der Waals surface area contributed by atoms with Crippen LogP contribution in [0.5, 0.6) is 5.75 Å². The van der Waals surface area contributed by atoms with Crippen molar-refractivity contribution in [3.63, 3.8) is 0 Å². The summed E-state index contributed by atoms with van der Waals surface area (Å²) in [5.41, 5.74) is -0.186. The molecule has 0 aliphatic rings. The van der Waals surface area contributed by atoms with E-state index in [1.165, 1.54) is 19.2 Å². The first-order valence-corrected chi connectivity index (χ1v) is 5.10. The number of rotatable bonds is 3. The molecule has 1 aromatic rings. The van der Waals surface area contributed by atoms with E-state index in [9.17, 15) is 9.18 Å². The number of methoxy groups -OCH3 is 1. The maximum atomic E-state index is 13.4. The molecule has 0 radical (unpaired) electrons.